The van der Waals surface area contributed by atoms with Crippen LogP contribution >= 0.6 is 11.3 Å². The van der Waals surface area contributed by atoms with Gasteiger partial charge in [-0.25, -0.2) is 9.82 Å². The molecule has 0 aliphatic rings. The molecule has 3 rings (SSSR count). The average molecular weight is 354 g/mol. The van der Waals surface area contributed by atoms with Gasteiger partial charge in [0.25, 0.3) is 5.91 Å². The third kappa shape index (κ3) is 4.99. The van der Waals surface area contributed by atoms with E-state index in [1.165, 1.54) is 18.2 Å². The van der Waals surface area contributed by atoms with Gasteiger partial charge < -0.3 is 4.74 Å². The standard InChI is InChI=1S/C19H15FN2O2S/c20-15-7-4-8-16(11-15)24-13-19(23)22-21-12-17-9-10-18(25-17)14-5-2-1-3-6-14/h1-12H,13H2,(H,22,23)/b21-12-. The first-order chi connectivity index (χ1) is 12.2. The molecule has 4 nitrogen and oxygen atoms in total. The van der Waals surface area contributed by atoms with Gasteiger partial charge in [-0.05, 0) is 29.8 Å². The number of hydrazone groups is 1. The number of carbonyl (C=O) groups excluding carboxylic acids is 1. The van der Waals surface area contributed by atoms with Crippen LogP contribution in [0, 0.1) is 5.82 Å². The number of rotatable bonds is 6. The molecular formula is C19H15FN2O2S. The zero-order valence-corrected chi connectivity index (χ0v) is 14.0. The van der Waals surface area contributed by atoms with Crippen LogP contribution in [0.25, 0.3) is 10.4 Å². The molecule has 0 unspecified atom stereocenters. The molecule has 1 heterocycles. The molecule has 1 amide bonds. The lowest BCUT2D eigenvalue weighted by molar-refractivity contribution is -0.123. The van der Waals surface area contributed by atoms with Gasteiger partial charge in [0, 0.05) is 15.8 Å². The summed E-state index contributed by atoms with van der Waals surface area (Å²) in [4.78, 5) is 13.7. The first-order valence-corrected chi connectivity index (χ1v) is 8.38. The molecule has 0 fully saturated rings. The molecule has 0 spiro atoms. The molecule has 1 N–H and O–H groups in total. The molecule has 0 aliphatic heterocycles. The third-order valence-electron chi connectivity index (χ3n) is 3.23. The van der Waals surface area contributed by atoms with Crippen molar-refractivity contribution in [2.45, 2.75) is 0 Å². The summed E-state index contributed by atoms with van der Waals surface area (Å²) >= 11 is 1.58. The lowest BCUT2D eigenvalue weighted by atomic mass is 10.2. The van der Waals surface area contributed by atoms with Crippen molar-refractivity contribution in [2.75, 3.05) is 6.61 Å². The van der Waals surface area contributed by atoms with E-state index in [0.717, 1.165) is 15.3 Å². The molecule has 2 aromatic carbocycles. The maximum atomic E-state index is 13.0. The molecular weight excluding hydrogens is 339 g/mol. The summed E-state index contributed by atoms with van der Waals surface area (Å²) < 4.78 is 18.2. The molecule has 0 radical (unpaired) electrons. The van der Waals surface area contributed by atoms with Gasteiger partial charge in [-0.1, -0.05) is 36.4 Å². The predicted molar refractivity (Wildman–Crippen MR) is 97.4 cm³/mol. The number of ether oxygens (including phenoxy) is 1. The van der Waals surface area contributed by atoms with Crippen molar-refractivity contribution in [3.05, 3.63) is 77.4 Å². The lowest BCUT2D eigenvalue weighted by Crippen LogP contribution is -2.24. The maximum absolute atomic E-state index is 13.0. The molecule has 25 heavy (non-hydrogen) atoms. The second-order valence-corrected chi connectivity index (χ2v) is 6.22. The van der Waals surface area contributed by atoms with Gasteiger partial charge in [0.1, 0.15) is 11.6 Å². The van der Waals surface area contributed by atoms with Crippen LogP contribution in [0.3, 0.4) is 0 Å². The largest absolute Gasteiger partial charge is 0.484 e. The van der Waals surface area contributed by atoms with Gasteiger partial charge in [-0.3, -0.25) is 4.79 Å². The summed E-state index contributed by atoms with van der Waals surface area (Å²) in [5.74, 6) is -0.534. The van der Waals surface area contributed by atoms with E-state index in [9.17, 15) is 9.18 Å². The number of nitrogens with one attached hydrogen (secondary N) is 1. The van der Waals surface area contributed by atoms with Crippen LogP contribution in [0.4, 0.5) is 4.39 Å². The molecule has 6 heteroatoms. The third-order valence-corrected chi connectivity index (χ3v) is 4.30. The number of nitrogens with zero attached hydrogens (tertiary/aromatic N) is 1. The van der Waals surface area contributed by atoms with Crippen molar-refractivity contribution in [1.29, 1.82) is 0 Å². The van der Waals surface area contributed by atoms with E-state index in [4.69, 9.17) is 4.74 Å². The van der Waals surface area contributed by atoms with Crippen molar-refractivity contribution in [3.8, 4) is 16.2 Å². The maximum Gasteiger partial charge on any atom is 0.277 e. The average Bonchev–Trinajstić information content (AvgIpc) is 3.10. The molecule has 3 aromatic rings. The van der Waals surface area contributed by atoms with Crippen LogP contribution < -0.4 is 10.2 Å². The smallest absolute Gasteiger partial charge is 0.277 e. The number of hydrogen-bond donors (Lipinski definition) is 1. The zero-order chi connectivity index (χ0) is 17.5. The fourth-order valence-electron chi connectivity index (χ4n) is 2.09. The summed E-state index contributed by atoms with van der Waals surface area (Å²) in [6, 6.07) is 19.6. The Hall–Kier alpha value is -2.99. The second kappa shape index (κ2) is 8.21. The number of halogens is 1. The first kappa shape index (κ1) is 16.9. The SMILES string of the molecule is O=C(COc1cccc(F)c1)N/N=C\c1ccc(-c2ccccc2)s1. The van der Waals surface area contributed by atoms with Gasteiger partial charge in [0.05, 0.1) is 6.21 Å². The molecule has 0 saturated carbocycles. The minimum absolute atomic E-state index is 0.236. The quantitative estimate of drug-likeness (QED) is 0.536. The highest BCUT2D eigenvalue weighted by Gasteiger charge is 2.03. The van der Waals surface area contributed by atoms with E-state index in [1.807, 2.05) is 42.5 Å². The van der Waals surface area contributed by atoms with E-state index >= 15 is 0 Å². The number of carbonyl (C=O) groups is 1. The van der Waals surface area contributed by atoms with Gasteiger partial charge in [0.15, 0.2) is 6.61 Å². The van der Waals surface area contributed by atoms with E-state index in [-0.39, 0.29) is 6.61 Å². The van der Waals surface area contributed by atoms with Crippen molar-refractivity contribution in [1.82, 2.24) is 5.43 Å². The van der Waals surface area contributed by atoms with Crippen LogP contribution in [0.1, 0.15) is 4.88 Å². The summed E-state index contributed by atoms with van der Waals surface area (Å²) in [6.07, 6.45) is 1.58. The number of amides is 1. The van der Waals surface area contributed by atoms with Crippen LogP contribution in [0.5, 0.6) is 5.75 Å². The summed E-state index contributed by atoms with van der Waals surface area (Å²) in [5.41, 5.74) is 3.52. The zero-order valence-electron chi connectivity index (χ0n) is 13.2. The monoisotopic (exact) mass is 354 g/mol. The second-order valence-electron chi connectivity index (χ2n) is 5.11. The Morgan fingerprint density at radius 3 is 2.76 bits per heavy atom. The fraction of sp³-hybridized carbons (Fsp3) is 0.0526. The molecule has 126 valence electrons. The van der Waals surface area contributed by atoms with Gasteiger partial charge in [-0.2, -0.15) is 5.10 Å². The van der Waals surface area contributed by atoms with Crippen LogP contribution in [-0.2, 0) is 4.79 Å². The minimum atomic E-state index is -0.416. The predicted octanol–water partition coefficient (Wildman–Crippen LogP) is 4.08. The van der Waals surface area contributed by atoms with Gasteiger partial charge >= 0.3 is 0 Å². The highest BCUT2D eigenvalue weighted by molar-refractivity contribution is 7.17. The van der Waals surface area contributed by atoms with Crippen LogP contribution in [0.2, 0.25) is 0 Å². The Kier molecular flexibility index (Phi) is 5.53. The van der Waals surface area contributed by atoms with Gasteiger partial charge in [0.2, 0.25) is 0 Å². The molecule has 0 saturated heterocycles. The van der Waals surface area contributed by atoms with E-state index in [0.29, 0.717) is 5.75 Å². The molecule has 0 aliphatic carbocycles. The minimum Gasteiger partial charge on any atom is -0.484 e. The van der Waals surface area contributed by atoms with Crippen molar-refractivity contribution in [3.63, 3.8) is 0 Å². The summed E-state index contributed by atoms with van der Waals surface area (Å²) in [7, 11) is 0. The van der Waals surface area contributed by atoms with Gasteiger partial charge in [-0.15, -0.1) is 11.3 Å². The lowest BCUT2D eigenvalue weighted by Gasteiger charge is -2.04. The highest BCUT2D eigenvalue weighted by Crippen LogP contribution is 2.26. The van der Waals surface area contributed by atoms with Crippen molar-refractivity contribution >= 4 is 23.5 Å². The number of thiophene rings is 1. The Morgan fingerprint density at radius 1 is 1.12 bits per heavy atom. The molecule has 0 atom stereocenters. The van der Waals surface area contributed by atoms with Crippen LogP contribution in [-0.4, -0.2) is 18.7 Å². The van der Waals surface area contributed by atoms with E-state index in [2.05, 4.69) is 10.5 Å². The Morgan fingerprint density at radius 2 is 1.96 bits per heavy atom. The first-order valence-electron chi connectivity index (χ1n) is 7.56. The van der Waals surface area contributed by atoms with E-state index < -0.39 is 11.7 Å². The highest BCUT2D eigenvalue weighted by atomic mass is 32.1. The van der Waals surface area contributed by atoms with E-state index in [1.54, 1.807) is 23.6 Å². The number of hydrogen-bond acceptors (Lipinski definition) is 4. The Balaban J connectivity index is 1.49. The summed E-state index contributed by atoms with van der Waals surface area (Å²) in [5, 5.41) is 3.91. The molecule has 0 bridgehead atoms. The fourth-order valence-corrected chi connectivity index (χ4v) is 2.97. The van der Waals surface area contributed by atoms with Crippen LogP contribution in [0.15, 0.2) is 71.8 Å². The number of benzene rings is 2. The Labute approximate surface area is 148 Å². The molecule has 1 aromatic heterocycles. The normalized spacial score (nSPS) is 10.8. The van der Waals surface area contributed by atoms with Crippen molar-refractivity contribution < 1.29 is 13.9 Å². The van der Waals surface area contributed by atoms with Crippen molar-refractivity contribution in [2.24, 2.45) is 5.10 Å². The topological polar surface area (TPSA) is 50.7 Å². The summed E-state index contributed by atoms with van der Waals surface area (Å²) in [6.45, 7) is -0.236. The Bertz CT molecular complexity index is 878.